The molecule has 0 spiro atoms. The Kier molecular flexibility index (Phi) is 6.88. The zero-order chi connectivity index (χ0) is 41.6. The Bertz CT molecular complexity index is 3960. The maximum absolute atomic E-state index is 2.71. The number of nitrogens with zero attached hydrogens (tertiary/aromatic N) is 2. The largest absolute Gasteiger partial charge is 0.376 e. The smallest absolute Gasteiger partial charge is 0.333 e. The van der Waals surface area contributed by atoms with Gasteiger partial charge in [-0.3, -0.25) is 0 Å². The van der Waals surface area contributed by atoms with Gasteiger partial charge in [-0.25, -0.2) is 0 Å². The molecule has 2 aliphatic heterocycles. The van der Waals surface area contributed by atoms with Crippen LogP contribution in [-0.2, 0) is 10.8 Å². The first-order valence-corrected chi connectivity index (χ1v) is 24.2. The van der Waals surface area contributed by atoms with E-state index < -0.39 is 0 Å². The van der Waals surface area contributed by atoms with Gasteiger partial charge in [0.15, 0.2) is 0 Å². The topological polar surface area (TPSA) is 8.17 Å². The highest BCUT2D eigenvalue weighted by molar-refractivity contribution is 7.26. The fraction of sp³-hybridized carbons (Fsp3) is 0.143. The van der Waals surface area contributed by atoms with E-state index in [1.54, 1.807) is 0 Å². The lowest BCUT2D eigenvalue weighted by Gasteiger charge is -2.42. The van der Waals surface area contributed by atoms with Crippen LogP contribution in [-0.4, -0.2) is 11.4 Å². The molecule has 0 saturated carbocycles. The average Bonchev–Trinajstić information content (AvgIpc) is 4.01. The lowest BCUT2D eigenvalue weighted by Crippen LogP contribution is -2.60. The minimum absolute atomic E-state index is 0.0437. The zero-order valence-corrected chi connectivity index (χ0v) is 37.9. The van der Waals surface area contributed by atoms with Crippen LogP contribution in [0, 0.1) is 0 Å². The number of benzene rings is 8. The Morgan fingerprint density at radius 1 is 0.419 bits per heavy atom. The lowest BCUT2D eigenvalue weighted by molar-refractivity contribution is 0.590. The molecule has 12 aromatic rings. The Hall–Kier alpha value is -5.92. The van der Waals surface area contributed by atoms with Crippen LogP contribution < -0.4 is 15.7 Å². The summed E-state index contributed by atoms with van der Waals surface area (Å²) in [6.07, 6.45) is 0. The van der Waals surface area contributed by atoms with Gasteiger partial charge >= 0.3 is 6.85 Å². The summed E-state index contributed by atoms with van der Waals surface area (Å²) in [5.41, 5.74) is 14.7. The molecule has 14 rings (SSSR count). The molecule has 296 valence electrons. The van der Waals surface area contributed by atoms with Crippen LogP contribution in [0.5, 0.6) is 0 Å². The molecular formula is C56H41BN2S3. The fourth-order valence-electron chi connectivity index (χ4n) is 11.0. The molecule has 0 fully saturated rings. The standard InChI is InChI=1S/C56H41BN2S3/c1-55(2,3)30-15-18-32(19-16-30)59-45-28-51-40(35-20-17-31(56(4,5)6)23-49(35)62-51)24-38(45)36-21-22-37-39-27-50-42(34-12-8-10-14-48(34)60-50)26-44(39)58-46-29-52-41(33-11-7-9-13-47(33)61-52)25-43(46)57(59)53(36)54(37)58/h7-29H,1-6H3. The molecule has 0 unspecified atom stereocenters. The number of rotatable bonds is 1. The van der Waals surface area contributed by atoms with E-state index in [9.17, 15) is 0 Å². The van der Waals surface area contributed by atoms with Gasteiger partial charge in [0.25, 0.3) is 0 Å². The predicted octanol–water partition coefficient (Wildman–Crippen LogP) is 15.7. The van der Waals surface area contributed by atoms with Gasteiger partial charge in [-0.15, -0.1) is 34.0 Å². The molecule has 0 aliphatic carbocycles. The summed E-state index contributed by atoms with van der Waals surface area (Å²) in [6.45, 7) is 13.8. The summed E-state index contributed by atoms with van der Waals surface area (Å²) in [5, 5.41) is 10.7. The predicted molar refractivity (Wildman–Crippen MR) is 276 cm³/mol. The van der Waals surface area contributed by atoms with E-state index in [0.29, 0.717) is 0 Å². The molecule has 4 aromatic heterocycles. The Morgan fingerprint density at radius 3 is 1.69 bits per heavy atom. The molecule has 2 aliphatic rings. The van der Waals surface area contributed by atoms with Crippen LogP contribution in [0.3, 0.4) is 0 Å². The van der Waals surface area contributed by atoms with Crippen LogP contribution in [0.2, 0.25) is 0 Å². The first kappa shape index (κ1) is 35.7. The van der Waals surface area contributed by atoms with Crippen LogP contribution in [0.1, 0.15) is 52.7 Å². The van der Waals surface area contributed by atoms with Gasteiger partial charge in [-0.1, -0.05) is 120 Å². The molecule has 62 heavy (non-hydrogen) atoms. The molecule has 6 heterocycles. The lowest BCUT2D eigenvalue weighted by atomic mass is 9.44. The minimum Gasteiger partial charge on any atom is -0.376 e. The van der Waals surface area contributed by atoms with Crippen LogP contribution >= 0.6 is 34.0 Å². The van der Waals surface area contributed by atoms with Crippen molar-refractivity contribution >= 4 is 145 Å². The molecule has 2 nitrogen and oxygen atoms in total. The Morgan fingerprint density at radius 2 is 0.984 bits per heavy atom. The first-order valence-electron chi connectivity index (χ1n) is 21.8. The van der Waals surface area contributed by atoms with Crippen molar-refractivity contribution in [1.29, 1.82) is 0 Å². The molecule has 6 heteroatoms. The minimum atomic E-state index is -0.0437. The van der Waals surface area contributed by atoms with Crippen molar-refractivity contribution in [2.75, 3.05) is 4.81 Å². The van der Waals surface area contributed by atoms with Gasteiger partial charge in [0.1, 0.15) is 0 Å². The zero-order valence-electron chi connectivity index (χ0n) is 35.5. The summed E-state index contributed by atoms with van der Waals surface area (Å²) in [5.74, 6) is 0. The van der Waals surface area contributed by atoms with Gasteiger partial charge in [0.2, 0.25) is 0 Å². The van der Waals surface area contributed by atoms with Crippen molar-refractivity contribution < 1.29 is 0 Å². The Balaban J connectivity index is 1.15. The monoisotopic (exact) mass is 848 g/mol. The van der Waals surface area contributed by atoms with Gasteiger partial charge < -0.3 is 9.38 Å². The summed E-state index contributed by atoms with van der Waals surface area (Å²) >= 11 is 5.77. The first-order chi connectivity index (χ1) is 30.0. The number of thiophene rings is 3. The third kappa shape index (κ3) is 4.70. The van der Waals surface area contributed by atoms with E-state index in [4.69, 9.17) is 0 Å². The average molecular weight is 849 g/mol. The van der Waals surface area contributed by atoms with Crippen LogP contribution in [0.25, 0.3) is 99.1 Å². The molecular weight excluding hydrogens is 808 g/mol. The van der Waals surface area contributed by atoms with Gasteiger partial charge in [0, 0.05) is 93.9 Å². The van der Waals surface area contributed by atoms with Crippen molar-refractivity contribution in [3.63, 3.8) is 0 Å². The third-order valence-electron chi connectivity index (χ3n) is 14.1. The molecule has 0 N–H and O–H groups in total. The SMILES string of the molecule is CC(C)(C)c1ccc(N2B3c4cc5c(cc4-n4c6cc7c(cc6c6ccc(c3c64)-c3cc4c(cc32)sc2cc(C(C)(C)C)ccc24)sc2ccccc27)sc2ccccc25)cc1. The second-order valence-corrected chi connectivity index (χ2v) is 23.0. The van der Waals surface area contributed by atoms with Gasteiger partial charge in [-0.05, 0) is 99.1 Å². The number of hydrogen-bond acceptors (Lipinski definition) is 4. The maximum atomic E-state index is 2.71. The highest BCUT2D eigenvalue weighted by atomic mass is 32.1. The molecule has 0 atom stereocenters. The molecule has 8 aromatic carbocycles. The van der Waals surface area contributed by atoms with Gasteiger partial charge in [-0.2, -0.15) is 0 Å². The number of hydrogen-bond donors (Lipinski definition) is 0. The van der Waals surface area contributed by atoms with E-state index in [0.717, 1.165) is 0 Å². The quantitative estimate of drug-likeness (QED) is 0.149. The van der Waals surface area contributed by atoms with E-state index in [2.05, 4.69) is 190 Å². The van der Waals surface area contributed by atoms with Crippen molar-refractivity contribution in [3.8, 4) is 16.8 Å². The van der Waals surface area contributed by atoms with Gasteiger partial charge in [0.05, 0.1) is 11.0 Å². The number of fused-ring (bicyclic) bond motifs is 17. The molecule has 0 saturated heterocycles. The second-order valence-electron chi connectivity index (χ2n) is 19.7. The number of anilines is 2. The highest BCUT2D eigenvalue weighted by Gasteiger charge is 2.44. The second kappa shape index (κ2) is 12.0. The molecule has 0 bridgehead atoms. The van der Waals surface area contributed by atoms with Crippen molar-refractivity contribution in [3.05, 3.63) is 151 Å². The highest BCUT2D eigenvalue weighted by Crippen LogP contribution is 2.50. The third-order valence-corrected chi connectivity index (χ3v) is 17.5. The van der Waals surface area contributed by atoms with E-state index in [-0.39, 0.29) is 17.7 Å². The molecule has 0 amide bonds. The number of aromatic nitrogens is 1. The fourth-order valence-corrected chi connectivity index (χ4v) is 14.4. The summed E-state index contributed by atoms with van der Waals surface area (Å²) < 4.78 is 10.7. The summed E-state index contributed by atoms with van der Waals surface area (Å²) in [6, 6.07) is 54.6. The van der Waals surface area contributed by atoms with Crippen molar-refractivity contribution in [1.82, 2.24) is 4.57 Å². The van der Waals surface area contributed by atoms with Crippen molar-refractivity contribution in [2.45, 2.75) is 52.4 Å². The van der Waals surface area contributed by atoms with E-state index in [1.807, 2.05) is 34.0 Å². The maximum Gasteiger partial charge on any atom is 0.333 e. The summed E-state index contributed by atoms with van der Waals surface area (Å²) in [7, 11) is 0. The van der Waals surface area contributed by atoms with Crippen LogP contribution in [0.15, 0.2) is 140 Å². The molecule has 0 radical (unpaired) electrons. The van der Waals surface area contributed by atoms with E-state index in [1.165, 1.54) is 133 Å². The summed E-state index contributed by atoms with van der Waals surface area (Å²) in [4.78, 5) is 2.71. The normalized spacial score (nSPS) is 13.9. The Labute approximate surface area is 372 Å². The van der Waals surface area contributed by atoms with Crippen molar-refractivity contribution in [2.24, 2.45) is 0 Å². The van der Waals surface area contributed by atoms with E-state index >= 15 is 0 Å². The van der Waals surface area contributed by atoms with Crippen LogP contribution in [0.4, 0.5) is 11.4 Å².